The minimum atomic E-state index is -0.437. The lowest BCUT2D eigenvalue weighted by molar-refractivity contribution is 0.199. The molecular formula is C10H11BrN2O. The van der Waals surface area contributed by atoms with Crippen LogP contribution in [-0.4, -0.2) is 14.9 Å². The predicted octanol–water partition coefficient (Wildman–Crippen LogP) is 2.39. The largest absolute Gasteiger partial charge is 0.389 e. The third-order valence-electron chi connectivity index (χ3n) is 2.31. The highest BCUT2D eigenvalue weighted by Crippen LogP contribution is 2.25. The van der Waals surface area contributed by atoms with Gasteiger partial charge < -0.3 is 5.11 Å². The summed E-state index contributed by atoms with van der Waals surface area (Å²) in [6.07, 6.45) is -0.437. The maximum Gasteiger partial charge on any atom is 0.135 e. The van der Waals surface area contributed by atoms with E-state index in [0.717, 1.165) is 21.1 Å². The maximum absolute atomic E-state index is 9.44. The molecular weight excluding hydrogens is 244 g/mol. The van der Waals surface area contributed by atoms with Gasteiger partial charge in [-0.3, -0.25) is 4.68 Å². The highest BCUT2D eigenvalue weighted by molar-refractivity contribution is 9.10. The molecule has 0 aliphatic rings. The first-order valence-electron chi connectivity index (χ1n) is 4.40. The van der Waals surface area contributed by atoms with Crippen molar-refractivity contribution < 1.29 is 5.11 Å². The molecule has 14 heavy (non-hydrogen) atoms. The van der Waals surface area contributed by atoms with Gasteiger partial charge in [0.1, 0.15) is 4.60 Å². The Morgan fingerprint density at radius 3 is 2.86 bits per heavy atom. The van der Waals surface area contributed by atoms with Crippen molar-refractivity contribution in [3.63, 3.8) is 0 Å². The molecule has 1 unspecified atom stereocenters. The van der Waals surface area contributed by atoms with E-state index in [1.807, 2.05) is 25.2 Å². The van der Waals surface area contributed by atoms with Crippen LogP contribution in [0.25, 0.3) is 10.9 Å². The zero-order valence-electron chi connectivity index (χ0n) is 8.03. The molecule has 3 nitrogen and oxygen atoms in total. The number of aromatic nitrogens is 2. The van der Waals surface area contributed by atoms with Crippen molar-refractivity contribution in [2.75, 3.05) is 0 Å². The fourth-order valence-electron chi connectivity index (χ4n) is 1.49. The molecule has 0 radical (unpaired) electrons. The van der Waals surface area contributed by atoms with Gasteiger partial charge >= 0.3 is 0 Å². The summed E-state index contributed by atoms with van der Waals surface area (Å²) in [6.45, 7) is 1.76. The van der Waals surface area contributed by atoms with E-state index < -0.39 is 6.10 Å². The SMILES string of the molecule is CC(O)c1ccc2c(Br)nn(C)c2c1. The molecule has 2 aromatic rings. The molecule has 1 aromatic heterocycles. The van der Waals surface area contributed by atoms with E-state index in [2.05, 4.69) is 21.0 Å². The molecule has 4 heteroatoms. The van der Waals surface area contributed by atoms with Crippen molar-refractivity contribution in [2.45, 2.75) is 13.0 Å². The van der Waals surface area contributed by atoms with Gasteiger partial charge in [0.15, 0.2) is 0 Å². The maximum atomic E-state index is 9.44. The second-order valence-electron chi connectivity index (χ2n) is 3.37. The van der Waals surface area contributed by atoms with Crippen LogP contribution in [0.1, 0.15) is 18.6 Å². The van der Waals surface area contributed by atoms with Gasteiger partial charge in [0, 0.05) is 12.4 Å². The molecule has 2 rings (SSSR count). The van der Waals surface area contributed by atoms with Crippen molar-refractivity contribution in [1.29, 1.82) is 0 Å². The summed E-state index contributed by atoms with van der Waals surface area (Å²) in [7, 11) is 1.89. The van der Waals surface area contributed by atoms with Crippen molar-refractivity contribution in [3.8, 4) is 0 Å². The number of aliphatic hydroxyl groups is 1. The van der Waals surface area contributed by atoms with E-state index in [1.165, 1.54) is 0 Å². The molecule has 0 bridgehead atoms. The van der Waals surface area contributed by atoms with Crippen LogP contribution in [-0.2, 0) is 7.05 Å². The fourth-order valence-corrected chi connectivity index (χ4v) is 2.06. The summed E-state index contributed by atoms with van der Waals surface area (Å²) in [5.41, 5.74) is 1.93. The van der Waals surface area contributed by atoms with Crippen molar-refractivity contribution in [2.24, 2.45) is 7.05 Å². The molecule has 0 amide bonds. The van der Waals surface area contributed by atoms with Crippen LogP contribution in [0.2, 0.25) is 0 Å². The van der Waals surface area contributed by atoms with Crippen molar-refractivity contribution in [3.05, 3.63) is 28.4 Å². The standard InChI is InChI=1S/C10H11BrN2O/c1-6(14)7-3-4-8-9(5-7)13(2)12-10(8)11/h3-6,14H,1-2H3. The molecule has 74 valence electrons. The highest BCUT2D eigenvalue weighted by Gasteiger charge is 2.08. The van der Waals surface area contributed by atoms with Crippen LogP contribution < -0.4 is 0 Å². The van der Waals surface area contributed by atoms with Gasteiger partial charge in [0.2, 0.25) is 0 Å². The topological polar surface area (TPSA) is 38.1 Å². The van der Waals surface area contributed by atoms with Crippen LogP contribution in [0.5, 0.6) is 0 Å². The van der Waals surface area contributed by atoms with E-state index in [0.29, 0.717) is 0 Å². The first kappa shape index (κ1) is 9.68. The van der Waals surface area contributed by atoms with Gasteiger partial charge in [-0.15, -0.1) is 0 Å². The minimum absolute atomic E-state index is 0.437. The second-order valence-corrected chi connectivity index (χ2v) is 4.12. The zero-order valence-corrected chi connectivity index (χ0v) is 9.62. The fraction of sp³-hybridized carbons (Fsp3) is 0.300. The minimum Gasteiger partial charge on any atom is -0.389 e. The van der Waals surface area contributed by atoms with Crippen LogP contribution in [0.3, 0.4) is 0 Å². The molecule has 1 N–H and O–H groups in total. The quantitative estimate of drug-likeness (QED) is 0.849. The number of aliphatic hydroxyl groups excluding tert-OH is 1. The summed E-state index contributed by atoms with van der Waals surface area (Å²) in [6, 6.07) is 5.84. The predicted molar refractivity (Wildman–Crippen MR) is 59.0 cm³/mol. The smallest absolute Gasteiger partial charge is 0.135 e. The normalized spacial score (nSPS) is 13.4. The Morgan fingerprint density at radius 2 is 2.21 bits per heavy atom. The van der Waals surface area contributed by atoms with E-state index in [-0.39, 0.29) is 0 Å². The van der Waals surface area contributed by atoms with Crippen LogP contribution in [0, 0.1) is 0 Å². The molecule has 0 fully saturated rings. The lowest BCUT2D eigenvalue weighted by Gasteiger charge is -2.04. The van der Waals surface area contributed by atoms with Crippen molar-refractivity contribution >= 4 is 26.8 Å². The lowest BCUT2D eigenvalue weighted by atomic mass is 10.1. The molecule has 1 atom stereocenters. The van der Waals surface area contributed by atoms with Gasteiger partial charge in [-0.05, 0) is 40.5 Å². The highest BCUT2D eigenvalue weighted by atomic mass is 79.9. The molecule has 0 saturated carbocycles. The lowest BCUT2D eigenvalue weighted by Crippen LogP contribution is -1.93. The van der Waals surface area contributed by atoms with Gasteiger partial charge in [-0.1, -0.05) is 6.07 Å². The van der Waals surface area contributed by atoms with Gasteiger partial charge in [-0.25, -0.2) is 0 Å². The second kappa shape index (κ2) is 3.37. The summed E-state index contributed by atoms with van der Waals surface area (Å²) >= 11 is 3.38. The number of nitrogens with zero attached hydrogens (tertiary/aromatic N) is 2. The number of benzene rings is 1. The molecule has 0 aliphatic heterocycles. The van der Waals surface area contributed by atoms with Crippen LogP contribution in [0.15, 0.2) is 22.8 Å². The molecule has 0 aliphatic carbocycles. The summed E-state index contributed by atoms with van der Waals surface area (Å²) in [5.74, 6) is 0. The Morgan fingerprint density at radius 1 is 1.50 bits per heavy atom. The summed E-state index contributed by atoms with van der Waals surface area (Å²) in [4.78, 5) is 0. The molecule has 1 heterocycles. The van der Waals surface area contributed by atoms with Crippen LogP contribution in [0.4, 0.5) is 0 Å². The van der Waals surface area contributed by atoms with E-state index in [4.69, 9.17) is 0 Å². The monoisotopic (exact) mass is 254 g/mol. The summed E-state index contributed by atoms with van der Waals surface area (Å²) in [5, 5.41) is 14.7. The first-order chi connectivity index (χ1) is 6.59. The Labute approximate surface area is 90.5 Å². The van der Waals surface area contributed by atoms with Gasteiger partial charge in [0.25, 0.3) is 0 Å². The summed E-state index contributed by atoms with van der Waals surface area (Å²) < 4.78 is 2.64. The average molecular weight is 255 g/mol. The average Bonchev–Trinajstić information content (AvgIpc) is 2.42. The van der Waals surface area contributed by atoms with E-state index in [1.54, 1.807) is 11.6 Å². The van der Waals surface area contributed by atoms with Crippen molar-refractivity contribution in [1.82, 2.24) is 9.78 Å². The number of halogens is 1. The first-order valence-corrected chi connectivity index (χ1v) is 5.19. The zero-order chi connectivity index (χ0) is 10.3. The Bertz CT molecular complexity index is 476. The number of aryl methyl sites for hydroxylation is 1. The Balaban J connectivity index is 2.71. The molecule has 0 spiro atoms. The van der Waals surface area contributed by atoms with E-state index in [9.17, 15) is 5.11 Å². The van der Waals surface area contributed by atoms with Crippen LogP contribution >= 0.6 is 15.9 Å². The Kier molecular flexibility index (Phi) is 2.33. The number of rotatable bonds is 1. The number of hydrogen-bond acceptors (Lipinski definition) is 2. The third-order valence-corrected chi connectivity index (χ3v) is 2.90. The molecule has 1 aromatic carbocycles. The third kappa shape index (κ3) is 1.44. The Hall–Kier alpha value is -0.870. The molecule has 0 saturated heterocycles. The van der Waals surface area contributed by atoms with Gasteiger partial charge in [0.05, 0.1) is 11.6 Å². The number of hydrogen-bond donors (Lipinski definition) is 1. The van der Waals surface area contributed by atoms with E-state index >= 15 is 0 Å². The number of fused-ring (bicyclic) bond motifs is 1. The van der Waals surface area contributed by atoms with Gasteiger partial charge in [-0.2, -0.15) is 5.10 Å².